The Bertz CT molecular complexity index is 444. The highest BCUT2D eigenvalue weighted by molar-refractivity contribution is 7.80. The second kappa shape index (κ2) is 6.73. The molecule has 0 radical (unpaired) electrons. The van der Waals surface area contributed by atoms with Crippen molar-refractivity contribution in [3.63, 3.8) is 0 Å². The van der Waals surface area contributed by atoms with Crippen molar-refractivity contribution in [2.75, 3.05) is 18.6 Å². The lowest BCUT2D eigenvalue weighted by atomic mass is 10.1. The molecular formula is C14H21N3OS. The van der Waals surface area contributed by atoms with Crippen molar-refractivity contribution in [3.05, 3.63) is 29.3 Å². The van der Waals surface area contributed by atoms with Crippen LogP contribution in [0.1, 0.15) is 24.0 Å². The predicted octanol–water partition coefficient (Wildman–Crippen LogP) is 2.27. The van der Waals surface area contributed by atoms with Crippen LogP contribution in [0.4, 0.5) is 5.69 Å². The van der Waals surface area contributed by atoms with E-state index in [9.17, 15) is 0 Å². The largest absolute Gasteiger partial charge is 0.376 e. The van der Waals surface area contributed by atoms with Crippen molar-refractivity contribution in [1.82, 2.24) is 10.7 Å². The lowest BCUT2D eigenvalue weighted by Crippen LogP contribution is -2.42. The molecule has 4 nitrogen and oxygen atoms in total. The summed E-state index contributed by atoms with van der Waals surface area (Å²) in [5.41, 5.74) is 9.58. The third kappa shape index (κ3) is 4.36. The Morgan fingerprint density at radius 1 is 1.42 bits per heavy atom. The summed E-state index contributed by atoms with van der Waals surface area (Å²) < 4.78 is 5.53. The van der Waals surface area contributed by atoms with Gasteiger partial charge in [0.25, 0.3) is 0 Å². The number of thiocarbonyl (C=S) groups is 1. The number of rotatable bonds is 4. The van der Waals surface area contributed by atoms with Crippen molar-refractivity contribution in [1.29, 1.82) is 0 Å². The summed E-state index contributed by atoms with van der Waals surface area (Å²) in [6.45, 7) is 5.76. The average Bonchev–Trinajstić information content (AvgIpc) is 2.90. The predicted molar refractivity (Wildman–Crippen MR) is 82.2 cm³/mol. The van der Waals surface area contributed by atoms with Crippen LogP contribution in [-0.2, 0) is 4.74 Å². The van der Waals surface area contributed by atoms with E-state index in [4.69, 9.17) is 17.0 Å². The number of hydrazine groups is 1. The highest BCUT2D eigenvalue weighted by Crippen LogP contribution is 2.15. The molecule has 1 fully saturated rings. The molecule has 1 aliphatic heterocycles. The van der Waals surface area contributed by atoms with Crippen LogP contribution in [0.2, 0.25) is 0 Å². The van der Waals surface area contributed by atoms with Crippen LogP contribution in [0.15, 0.2) is 18.2 Å². The van der Waals surface area contributed by atoms with Crippen molar-refractivity contribution in [2.24, 2.45) is 0 Å². The van der Waals surface area contributed by atoms with E-state index < -0.39 is 0 Å². The molecule has 0 spiro atoms. The van der Waals surface area contributed by atoms with Crippen LogP contribution < -0.4 is 16.2 Å². The minimum Gasteiger partial charge on any atom is -0.376 e. The summed E-state index contributed by atoms with van der Waals surface area (Å²) in [4.78, 5) is 0. The molecule has 1 saturated heterocycles. The van der Waals surface area contributed by atoms with Crippen LogP contribution in [-0.4, -0.2) is 24.4 Å². The van der Waals surface area contributed by atoms with Gasteiger partial charge in [0.2, 0.25) is 0 Å². The summed E-state index contributed by atoms with van der Waals surface area (Å²) in [5, 5.41) is 3.76. The van der Waals surface area contributed by atoms with Crippen molar-refractivity contribution < 1.29 is 4.74 Å². The van der Waals surface area contributed by atoms with Gasteiger partial charge < -0.3 is 10.1 Å². The summed E-state index contributed by atoms with van der Waals surface area (Å²) in [6.07, 6.45) is 2.55. The SMILES string of the molecule is Cc1ccc(C)c(NNC(=S)NC[C@H]2CCCO2)c1. The summed E-state index contributed by atoms with van der Waals surface area (Å²) in [6, 6.07) is 6.27. The van der Waals surface area contributed by atoms with Crippen LogP contribution in [0, 0.1) is 13.8 Å². The van der Waals surface area contributed by atoms with Gasteiger partial charge in [-0.1, -0.05) is 12.1 Å². The number of hydrogen-bond donors (Lipinski definition) is 3. The van der Waals surface area contributed by atoms with Gasteiger partial charge >= 0.3 is 0 Å². The number of nitrogens with one attached hydrogen (secondary N) is 3. The average molecular weight is 279 g/mol. The Morgan fingerprint density at radius 2 is 2.26 bits per heavy atom. The zero-order chi connectivity index (χ0) is 13.7. The van der Waals surface area contributed by atoms with Crippen LogP contribution in [0.25, 0.3) is 0 Å². The minimum atomic E-state index is 0.292. The van der Waals surface area contributed by atoms with Crippen molar-refractivity contribution in [2.45, 2.75) is 32.8 Å². The molecule has 0 aliphatic carbocycles. The zero-order valence-electron chi connectivity index (χ0n) is 11.5. The van der Waals surface area contributed by atoms with E-state index in [1.165, 1.54) is 11.1 Å². The Morgan fingerprint density at radius 3 is 3.00 bits per heavy atom. The van der Waals surface area contributed by atoms with Gasteiger partial charge in [-0.25, -0.2) is 0 Å². The van der Waals surface area contributed by atoms with E-state index in [-0.39, 0.29) is 0 Å². The second-order valence-electron chi connectivity index (χ2n) is 4.91. The van der Waals surface area contributed by atoms with Gasteiger partial charge in [0, 0.05) is 13.2 Å². The third-order valence-corrected chi connectivity index (χ3v) is 3.46. The van der Waals surface area contributed by atoms with Gasteiger partial charge in [-0.3, -0.25) is 10.9 Å². The van der Waals surface area contributed by atoms with Gasteiger partial charge in [0.05, 0.1) is 11.8 Å². The topological polar surface area (TPSA) is 45.3 Å². The number of benzene rings is 1. The molecular weight excluding hydrogens is 258 g/mol. The fraction of sp³-hybridized carbons (Fsp3) is 0.500. The summed E-state index contributed by atoms with van der Waals surface area (Å²) >= 11 is 5.22. The number of aryl methyl sites for hydroxylation is 2. The normalized spacial score (nSPS) is 18.1. The zero-order valence-corrected chi connectivity index (χ0v) is 12.3. The number of ether oxygens (including phenoxy) is 1. The maximum Gasteiger partial charge on any atom is 0.185 e. The first-order valence-electron chi connectivity index (χ1n) is 6.64. The minimum absolute atomic E-state index is 0.292. The molecule has 2 rings (SSSR count). The Hall–Kier alpha value is -1.33. The molecule has 3 N–H and O–H groups in total. The Kier molecular flexibility index (Phi) is 4.99. The molecule has 0 amide bonds. The van der Waals surface area contributed by atoms with Crippen molar-refractivity contribution in [3.8, 4) is 0 Å². The molecule has 1 aliphatic rings. The van der Waals surface area contributed by atoms with Gasteiger partial charge in [-0.15, -0.1) is 0 Å². The second-order valence-corrected chi connectivity index (χ2v) is 5.32. The molecule has 1 atom stereocenters. The first kappa shape index (κ1) is 14.1. The van der Waals surface area contributed by atoms with Gasteiger partial charge in [0.1, 0.15) is 0 Å². The first-order chi connectivity index (χ1) is 9.15. The quantitative estimate of drug-likeness (QED) is 0.583. The Balaban J connectivity index is 1.74. The molecule has 1 heterocycles. The highest BCUT2D eigenvalue weighted by Gasteiger charge is 2.15. The first-order valence-corrected chi connectivity index (χ1v) is 7.04. The van der Waals surface area contributed by atoms with E-state index >= 15 is 0 Å². The van der Waals surface area contributed by atoms with E-state index in [1.54, 1.807) is 0 Å². The van der Waals surface area contributed by atoms with E-state index in [2.05, 4.69) is 48.2 Å². The fourth-order valence-corrected chi connectivity index (χ4v) is 2.19. The number of hydrogen-bond acceptors (Lipinski definition) is 3. The third-order valence-electron chi connectivity index (χ3n) is 3.22. The standard InChI is InChI=1S/C14H21N3OS/c1-10-5-6-11(2)13(8-10)16-17-14(19)15-9-12-4-3-7-18-12/h5-6,8,12,16H,3-4,7,9H2,1-2H3,(H2,15,17,19)/t12-/m1/s1. The fourth-order valence-electron chi connectivity index (χ4n) is 2.05. The molecule has 5 heteroatoms. The van der Waals surface area contributed by atoms with Gasteiger partial charge in [0.15, 0.2) is 5.11 Å². The maximum absolute atomic E-state index is 5.53. The van der Waals surface area contributed by atoms with Crippen LogP contribution >= 0.6 is 12.2 Å². The van der Waals surface area contributed by atoms with Crippen LogP contribution in [0.5, 0.6) is 0 Å². The molecule has 19 heavy (non-hydrogen) atoms. The molecule has 104 valence electrons. The molecule has 1 aromatic carbocycles. The highest BCUT2D eigenvalue weighted by atomic mass is 32.1. The maximum atomic E-state index is 5.53. The summed E-state index contributed by atoms with van der Waals surface area (Å²) in [7, 11) is 0. The molecule has 0 bridgehead atoms. The van der Waals surface area contributed by atoms with E-state index in [0.29, 0.717) is 11.2 Å². The molecule has 0 aromatic heterocycles. The lowest BCUT2D eigenvalue weighted by molar-refractivity contribution is 0.114. The van der Waals surface area contributed by atoms with E-state index in [0.717, 1.165) is 31.7 Å². The molecule has 0 unspecified atom stereocenters. The number of anilines is 1. The lowest BCUT2D eigenvalue weighted by Gasteiger charge is -2.16. The molecule has 1 aromatic rings. The molecule has 0 saturated carbocycles. The summed E-state index contributed by atoms with van der Waals surface area (Å²) in [5.74, 6) is 0. The van der Waals surface area contributed by atoms with Crippen molar-refractivity contribution >= 4 is 23.0 Å². The van der Waals surface area contributed by atoms with Gasteiger partial charge in [-0.2, -0.15) is 0 Å². The van der Waals surface area contributed by atoms with Crippen LogP contribution in [0.3, 0.4) is 0 Å². The Labute approximate surface area is 119 Å². The smallest absolute Gasteiger partial charge is 0.185 e. The van der Waals surface area contributed by atoms with Gasteiger partial charge in [-0.05, 0) is 56.1 Å². The monoisotopic (exact) mass is 279 g/mol. The van der Waals surface area contributed by atoms with E-state index in [1.807, 2.05) is 0 Å².